The van der Waals surface area contributed by atoms with Gasteiger partial charge in [0.25, 0.3) is 0 Å². The molecule has 90 valence electrons. The predicted octanol–water partition coefficient (Wildman–Crippen LogP) is 2.05. The topological polar surface area (TPSA) is 56.7 Å². The molecule has 1 aromatic heterocycles. The Hall–Kier alpha value is -1.84. The molecular weight excluding hydrogens is 212 g/mol. The number of rotatable bonds is 3. The lowest BCUT2D eigenvalue weighted by atomic mass is 10.0. The minimum Gasteiger partial charge on any atom is -0.399 e. The van der Waals surface area contributed by atoms with Crippen molar-refractivity contribution in [2.75, 3.05) is 5.73 Å². The lowest BCUT2D eigenvalue weighted by Crippen LogP contribution is -2.02. The SMILES string of the molecule is Cc1nc(C(C)Cc2ccc(N)cc2)nn1C. The van der Waals surface area contributed by atoms with Crippen molar-refractivity contribution in [2.24, 2.45) is 7.05 Å². The monoisotopic (exact) mass is 230 g/mol. The highest BCUT2D eigenvalue weighted by Crippen LogP contribution is 2.18. The maximum Gasteiger partial charge on any atom is 0.154 e. The fourth-order valence-corrected chi connectivity index (χ4v) is 1.79. The first-order chi connectivity index (χ1) is 8.06. The van der Waals surface area contributed by atoms with Crippen LogP contribution in [0.2, 0.25) is 0 Å². The Morgan fingerprint density at radius 1 is 1.29 bits per heavy atom. The molecule has 0 saturated carbocycles. The van der Waals surface area contributed by atoms with Crippen LogP contribution in [0.25, 0.3) is 0 Å². The van der Waals surface area contributed by atoms with Crippen LogP contribution in [0.15, 0.2) is 24.3 Å². The van der Waals surface area contributed by atoms with Crippen LogP contribution in [0.1, 0.15) is 30.1 Å². The minimum absolute atomic E-state index is 0.318. The number of hydrogen-bond acceptors (Lipinski definition) is 3. The zero-order valence-electron chi connectivity index (χ0n) is 10.5. The highest BCUT2D eigenvalue weighted by molar-refractivity contribution is 5.39. The van der Waals surface area contributed by atoms with Crippen molar-refractivity contribution in [3.05, 3.63) is 41.5 Å². The first-order valence-electron chi connectivity index (χ1n) is 5.78. The van der Waals surface area contributed by atoms with E-state index in [-0.39, 0.29) is 0 Å². The standard InChI is InChI=1S/C13H18N4/c1-9(13-15-10(2)17(3)16-13)8-11-4-6-12(14)7-5-11/h4-7,9H,8,14H2,1-3H3. The molecule has 0 spiro atoms. The van der Waals surface area contributed by atoms with Gasteiger partial charge in [0.2, 0.25) is 0 Å². The fraction of sp³-hybridized carbons (Fsp3) is 0.385. The number of nitrogens with two attached hydrogens (primary N) is 1. The number of aryl methyl sites for hydroxylation is 2. The summed E-state index contributed by atoms with van der Waals surface area (Å²) in [6.45, 7) is 4.11. The molecule has 0 aliphatic rings. The van der Waals surface area contributed by atoms with Crippen LogP contribution >= 0.6 is 0 Å². The second kappa shape index (κ2) is 4.57. The third-order valence-electron chi connectivity index (χ3n) is 2.96. The molecule has 2 rings (SSSR count). The molecule has 2 N–H and O–H groups in total. The van der Waals surface area contributed by atoms with Crippen LogP contribution in [0.3, 0.4) is 0 Å². The highest BCUT2D eigenvalue weighted by Gasteiger charge is 2.12. The summed E-state index contributed by atoms with van der Waals surface area (Å²) in [6.07, 6.45) is 0.934. The molecule has 4 nitrogen and oxygen atoms in total. The summed E-state index contributed by atoms with van der Waals surface area (Å²) >= 11 is 0. The number of aromatic nitrogens is 3. The van der Waals surface area contributed by atoms with Crippen molar-refractivity contribution < 1.29 is 0 Å². The van der Waals surface area contributed by atoms with E-state index in [0.29, 0.717) is 5.92 Å². The first kappa shape index (κ1) is 11.6. The van der Waals surface area contributed by atoms with Crippen molar-refractivity contribution in [2.45, 2.75) is 26.2 Å². The summed E-state index contributed by atoms with van der Waals surface area (Å²) in [7, 11) is 1.92. The molecule has 0 radical (unpaired) electrons. The van der Waals surface area contributed by atoms with Crippen LogP contribution < -0.4 is 5.73 Å². The van der Waals surface area contributed by atoms with Crippen molar-refractivity contribution >= 4 is 5.69 Å². The fourth-order valence-electron chi connectivity index (χ4n) is 1.79. The Balaban J connectivity index is 2.11. The van der Waals surface area contributed by atoms with Gasteiger partial charge in [-0.25, -0.2) is 4.98 Å². The van der Waals surface area contributed by atoms with Gasteiger partial charge in [0.15, 0.2) is 5.82 Å². The van der Waals surface area contributed by atoms with E-state index >= 15 is 0 Å². The van der Waals surface area contributed by atoms with Crippen molar-refractivity contribution in [3.8, 4) is 0 Å². The van der Waals surface area contributed by atoms with Crippen molar-refractivity contribution in [3.63, 3.8) is 0 Å². The van der Waals surface area contributed by atoms with E-state index in [4.69, 9.17) is 5.73 Å². The molecule has 0 saturated heterocycles. The quantitative estimate of drug-likeness (QED) is 0.821. The maximum absolute atomic E-state index is 5.66. The normalized spacial score (nSPS) is 12.6. The lowest BCUT2D eigenvalue weighted by molar-refractivity contribution is 0.666. The molecule has 1 unspecified atom stereocenters. The summed E-state index contributed by atoms with van der Waals surface area (Å²) in [5, 5.41) is 4.40. The van der Waals surface area contributed by atoms with Gasteiger partial charge in [0.05, 0.1) is 0 Å². The molecule has 0 fully saturated rings. The van der Waals surface area contributed by atoms with Crippen LogP contribution in [-0.4, -0.2) is 14.8 Å². The van der Waals surface area contributed by atoms with Gasteiger partial charge >= 0.3 is 0 Å². The maximum atomic E-state index is 5.66. The molecular formula is C13H18N4. The summed E-state index contributed by atoms with van der Waals surface area (Å²) in [4.78, 5) is 4.45. The van der Waals surface area contributed by atoms with Gasteiger partial charge in [-0.05, 0) is 31.0 Å². The number of hydrogen-bond donors (Lipinski definition) is 1. The Morgan fingerprint density at radius 2 is 1.94 bits per heavy atom. The highest BCUT2D eigenvalue weighted by atomic mass is 15.3. The van der Waals surface area contributed by atoms with Crippen molar-refractivity contribution in [1.82, 2.24) is 14.8 Å². The van der Waals surface area contributed by atoms with E-state index in [0.717, 1.165) is 23.8 Å². The van der Waals surface area contributed by atoms with Crippen LogP contribution in [-0.2, 0) is 13.5 Å². The third-order valence-corrected chi connectivity index (χ3v) is 2.96. The second-order valence-corrected chi connectivity index (χ2v) is 4.49. The summed E-state index contributed by atoms with van der Waals surface area (Å²) in [5.41, 5.74) is 7.72. The van der Waals surface area contributed by atoms with Gasteiger partial charge < -0.3 is 5.73 Å². The number of nitrogen functional groups attached to an aromatic ring is 1. The molecule has 1 heterocycles. The molecule has 1 atom stereocenters. The molecule has 0 amide bonds. The van der Waals surface area contributed by atoms with E-state index in [1.807, 2.05) is 30.8 Å². The van der Waals surface area contributed by atoms with Crippen LogP contribution in [0.4, 0.5) is 5.69 Å². The lowest BCUT2D eigenvalue weighted by Gasteiger charge is -2.07. The zero-order valence-corrected chi connectivity index (χ0v) is 10.5. The average Bonchev–Trinajstić information content (AvgIpc) is 2.63. The van der Waals surface area contributed by atoms with Gasteiger partial charge in [-0.3, -0.25) is 4.68 Å². The van der Waals surface area contributed by atoms with Crippen LogP contribution in [0, 0.1) is 6.92 Å². The van der Waals surface area contributed by atoms with E-state index in [1.54, 1.807) is 0 Å². The van der Waals surface area contributed by atoms with E-state index in [2.05, 4.69) is 29.1 Å². The minimum atomic E-state index is 0.318. The Kier molecular flexibility index (Phi) is 3.13. The average molecular weight is 230 g/mol. The predicted molar refractivity (Wildman–Crippen MR) is 68.7 cm³/mol. The summed E-state index contributed by atoms with van der Waals surface area (Å²) < 4.78 is 1.81. The molecule has 1 aromatic carbocycles. The number of anilines is 1. The van der Waals surface area contributed by atoms with E-state index in [1.165, 1.54) is 5.56 Å². The third kappa shape index (κ3) is 2.64. The van der Waals surface area contributed by atoms with Gasteiger partial charge in [0, 0.05) is 18.7 Å². The largest absolute Gasteiger partial charge is 0.399 e. The van der Waals surface area contributed by atoms with Crippen molar-refractivity contribution in [1.29, 1.82) is 0 Å². The van der Waals surface area contributed by atoms with Gasteiger partial charge in [-0.2, -0.15) is 5.10 Å². The first-order valence-corrected chi connectivity index (χ1v) is 5.78. The molecule has 4 heteroatoms. The smallest absolute Gasteiger partial charge is 0.154 e. The number of nitrogens with zero attached hydrogens (tertiary/aromatic N) is 3. The molecule has 2 aromatic rings. The summed E-state index contributed by atoms with van der Waals surface area (Å²) in [5.74, 6) is 2.17. The van der Waals surface area contributed by atoms with Gasteiger partial charge in [0.1, 0.15) is 5.82 Å². The van der Waals surface area contributed by atoms with E-state index < -0.39 is 0 Å². The van der Waals surface area contributed by atoms with Crippen LogP contribution in [0.5, 0.6) is 0 Å². The molecule has 0 bridgehead atoms. The molecule has 0 aliphatic heterocycles. The second-order valence-electron chi connectivity index (χ2n) is 4.49. The number of benzene rings is 1. The zero-order chi connectivity index (χ0) is 12.4. The Labute approximate surface area is 101 Å². The van der Waals surface area contributed by atoms with E-state index in [9.17, 15) is 0 Å². The Morgan fingerprint density at radius 3 is 2.47 bits per heavy atom. The van der Waals surface area contributed by atoms with Gasteiger partial charge in [-0.1, -0.05) is 19.1 Å². The summed E-state index contributed by atoms with van der Waals surface area (Å²) in [6, 6.07) is 7.97. The molecule has 0 aliphatic carbocycles. The Bertz CT molecular complexity index is 479. The molecule has 17 heavy (non-hydrogen) atoms. The van der Waals surface area contributed by atoms with Gasteiger partial charge in [-0.15, -0.1) is 0 Å².